The third kappa shape index (κ3) is 4.98. The van der Waals surface area contributed by atoms with Crippen LogP contribution in [0.2, 0.25) is 0 Å². The number of rotatable bonds is 7. The minimum Gasteiger partial charge on any atom is -0.299 e. The lowest BCUT2D eigenvalue weighted by atomic mass is 10.1. The summed E-state index contributed by atoms with van der Waals surface area (Å²) in [4.78, 5) is 28.7. The highest BCUT2D eigenvalue weighted by molar-refractivity contribution is 5.70. The first-order valence-corrected chi connectivity index (χ1v) is 7.46. The lowest BCUT2D eigenvalue weighted by Gasteiger charge is -2.21. The third-order valence-corrected chi connectivity index (χ3v) is 2.96. The van der Waals surface area contributed by atoms with Crippen LogP contribution < -0.4 is 21.7 Å². The van der Waals surface area contributed by atoms with E-state index in [1.807, 2.05) is 20.8 Å². The van der Waals surface area contributed by atoms with Crippen molar-refractivity contribution < 1.29 is 9.85 Å². The Morgan fingerprint density at radius 3 is 1.96 bits per heavy atom. The molecule has 1 heterocycles. The molecule has 0 saturated heterocycles. The highest BCUT2D eigenvalue weighted by atomic mass is 16.6. The number of non-ortho nitro benzene ring substituents is 1. The maximum atomic E-state index is 11.4. The van der Waals surface area contributed by atoms with E-state index in [1.54, 1.807) is 0 Å². The number of anilines is 3. The second-order valence-corrected chi connectivity index (χ2v) is 6.23. The molecule has 0 fully saturated rings. The Balaban J connectivity index is 2.17. The molecule has 0 saturated carbocycles. The van der Waals surface area contributed by atoms with Crippen molar-refractivity contribution in [3.05, 3.63) is 50.8 Å². The topological polar surface area (TPSA) is 160 Å². The number of aromatic nitrogens is 2. The second kappa shape index (κ2) is 7.57. The van der Waals surface area contributed by atoms with E-state index >= 15 is 0 Å². The van der Waals surface area contributed by atoms with Crippen LogP contribution in [0.4, 0.5) is 28.7 Å². The molecule has 0 radical (unpaired) electrons. The highest BCUT2D eigenvalue weighted by Gasteiger charge is 2.24. The zero-order valence-corrected chi connectivity index (χ0v) is 14.3. The summed E-state index contributed by atoms with van der Waals surface area (Å²) in [6.45, 7) is 5.63. The molecule has 2 aromatic rings. The molecule has 138 valence electrons. The summed E-state index contributed by atoms with van der Waals surface area (Å²) in [5.74, 6) is -0.0745. The molecular formula is C14H18N8O4. The standard InChI is InChI=1S/C14H18N8O4/c1-14(2,3)20-19-13-11(22(25)26)12(15-8-16-13)18-17-9-4-6-10(7-5-9)21(23)24/h4-8,17,20H,1-3H3,(H2,15,16,18,19). The maximum Gasteiger partial charge on any atom is 0.356 e. The first-order valence-electron chi connectivity index (χ1n) is 7.46. The van der Waals surface area contributed by atoms with Gasteiger partial charge in [-0.3, -0.25) is 36.5 Å². The van der Waals surface area contributed by atoms with Crippen molar-refractivity contribution >= 4 is 28.7 Å². The second-order valence-electron chi connectivity index (χ2n) is 6.23. The summed E-state index contributed by atoms with van der Waals surface area (Å²) in [5, 5.41) is 22.1. The minimum absolute atomic E-state index is 0.00655. The van der Waals surface area contributed by atoms with Crippen molar-refractivity contribution in [1.29, 1.82) is 0 Å². The van der Waals surface area contributed by atoms with Crippen molar-refractivity contribution in [3.8, 4) is 0 Å². The Hall–Kier alpha value is -3.54. The molecule has 26 heavy (non-hydrogen) atoms. The SMILES string of the molecule is CC(C)(C)NNc1ncnc(NNc2ccc([N+](=O)[O-])cc2)c1[N+](=O)[O-]. The minimum atomic E-state index is -0.619. The highest BCUT2D eigenvalue weighted by Crippen LogP contribution is 2.28. The van der Waals surface area contributed by atoms with Crippen LogP contribution >= 0.6 is 0 Å². The van der Waals surface area contributed by atoms with Crippen LogP contribution in [0.25, 0.3) is 0 Å². The number of nitro groups is 2. The van der Waals surface area contributed by atoms with E-state index in [0.29, 0.717) is 5.69 Å². The number of nitro benzene ring substituents is 1. The van der Waals surface area contributed by atoms with Gasteiger partial charge in [0.05, 0.1) is 15.5 Å². The predicted molar refractivity (Wildman–Crippen MR) is 95.5 cm³/mol. The molecular weight excluding hydrogens is 344 g/mol. The fourth-order valence-electron chi connectivity index (χ4n) is 1.78. The van der Waals surface area contributed by atoms with Gasteiger partial charge in [0.15, 0.2) is 0 Å². The number of hydrazine groups is 2. The third-order valence-electron chi connectivity index (χ3n) is 2.96. The lowest BCUT2D eigenvalue weighted by molar-refractivity contribution is -0.384. The van der Waals surface area contributed by atoms with Crippen molar-refractivity contribution in [2.45, 2.75) is 26.3 Å². The summed E-state index contributed by atoms with van der Waals surface area (Å²) < 4.78 is 0. The summed E-state index contributed by atoms with van der Waals surface area (Å²) >= 11 is 0. The molecule has 0 spiro atoms. The zero-order chi connectivity index (χ0) is 19.3. The Bertz CT molecular complexity index is 804. The van der Waals surface area contributed by atoms with E-state index in [0.717, 1.165) is 0 Å². The van der Waals surface area contributed by atoms with Gasteiger partial charge in [0.1, 0.15) is 6.33 Å². The first-order chi connectivity index (χ1) is 12.2. The average Bonchev–Trinajstić information content (AvgIpc) is 2.57. The van der Waals surface area contributed by atoms with Gasteiger partial charge in [-0.25, -0.2) is 15.4 Å². The molecule has 0 aliphatic carbocycles. The molecule has 1 aromatic heterocycles. The van der Waals surface area contributed by atoms with E-state index in [4.69, 9.17) is 0 Å². The molecule has 0 amide bonds. The summed E-state index contributed by atoms with van der Waals surface area (Å²) in [6, 6.07) is 5.52. The van der Waals surface area contributed by atoms with Crippen molar-refractivity contribution in [3.63, 3.8) is 0 Å². The molecule has 1 aromatic carbocycles. The Morgan fingerprint density at radius 2 is 1.46 bits per heavy atom. The van der Waals surface area contributed by atoms with Gasteiger partial charge in [0, 0.05) is 17.7 Å². The summed E-state index contributed by atoms with van der Waals surface area (Å²) in [7, 11) is 0. The van der Waals surface area contributed by atoms with Crippen LogP contribution in [0, 0.1) is 20.2 Å². The quantitative estimate of drug-likeness (QED) is 0.425. The predicted octanol–water partition coefficient (Wildman–Crippen LogP) is 2.45. The van der Waals surface area contributed by atoms with Crippen LogP contribution in [0.5, 0.6) is 0 Å². The van der Waals surface area contributed by atoms with Crippen LogP contribution in [0.15, 0.2) is 30.6 Å². The van der Waals surface area contributed by atoms with E-state index < -0.39 is 9.85 Å². The number of hydrogen-bond acceptors (Lipinski definition) is 10. The van der Waals surface area contributed by atoms with Crippen LogP contribution in [0.3, 0.4) is 0 Å². The van der Waals surface area contributed by atoms with Crippen LogP contribution in [0.1, 0.15) is 20.8 Å². The van der Waals surface area contributed by atoms with E-state index in [9.17, 15) is 20.2 Å². The smallest absolute Gasteiger partial charge is 0.299 e. The van der Waals surface area contributed by atoms with Gasteiger partial charge in [0.2, 0.25) is 11.6 Å². The van der Waals surface area contributed by atoms with Gasteiger partial charge in [-0.05, 0) is 32.9 Å². The Kier molecular flexibility index (Phi) is 5.47. The van der Waals surface area contributed by atoms with Gasteiger partial charge in [-0.1, -0.05) is 0 Å². The number of nitrogens with zero attached hydrogens (tertiary/aromatic N) is 4. The molecule has 4 N–H and O–H groups in total. The fraction of sp³-hybridized carbons (Fsp3) is 0.286. The van der Waals surface area contributed by atoms with E-state index in [2.05, 4.69) is 31.7 Å². The number of benzene rings is 1. The normalized spacial score (nSPS) is 10.9. The molecule has 12 heteroatoms. The molecule has 0 unspecified atom stereocenters. The molecule has 0 aliphatic heterocycles. The lowest BCUT2D eigenvalue weighted by Crippen LogP contribution is -2.40. The Morgan fingerprint density at radius 1 is 0.885 bits per heavy atom. The number of nitrogens with one attached hydrogen (secondary N) is 4. The molecule has 12 nitrogen and oxygen atoms in total. The molecule has 0 atom stereocenters. The van der Waals surface area contributed by atoms with Crippen molar-refractivity contribution in [2.24, 2.45) is 0 Å². The molecule has 0 aliphatic rings. The average molecular weight is 362 g/mol. The van der Waals surface area contributed by atoms with Gasteiger partial charge in [0.25, 0.3) is 5.69 Å². The summed E-state index contributed by atoms with van der Waals surface area (Å²) in [6.07, 6.45) is 1.17. The summed E-state index contributed by atoms with van der Waals surface area (Å²) in [5.41, 5.74) is 10.6. The maximum absolute atomic E-state index is 11.4. The van der Waals surface area contributed by atoms with E-state index in [1.165, 1.54) is 30.6 Å². The fourth-order valence-corrected chi connectivity index (χ4v) is 1.78. The Labute approximate surface area is 148 Å². The first kappa shape index (κ1) is 18.8. The van der Waals surface area contributed by atoms with Gasteiger partial charge in [-0.2, -0.15) is 0 Å². The van der Waals surface area contributed by atoms with Crippen LogP contribution in [-0.2, 0) is 0 Å². The van der Waals surface area contributed by atoms with Gasteiger partial charge in [-0.15, -0.1) is 0 Å². The monoisotopic (exact) mass is 362 g/mol. The van der Waals surface area contributed by atoms with Crippen molar-refractivity contribution in [2.75, 3.05) is 16.3 Å². The number of hydrogen-bond donors (Lipinski definition) is 4. The van der Waals surface area contributed by atoms with Crippen LogP contribution in [-0.4, -0.2) is 25.4 Å². The largest absolute Gasteiger partial charge is 0.356 e. The zero-order valence-electron chi connectivity index (χ0n) is 14.3. The molecule has 2 rings (SSSR count). The molecule has 0 bridgehead atoms. The van der Waals surface area contributed by atoms with Crippen molar-refractivity contribution in [1.82, 2.24) is 15.4 Å². The van der Waals surface area contributed by atoms with Gasteiger partial charge < -0.3 is 0 Å². The van der Waals surface area contributed by atoms with E-state index in [-0.39, 0.29) is 28.5 Å². The van der Waals surface area contributed by atoms with Gasteiger partial charge >= 0.3 is 5.69 Å².